The highest BCUT2D eigenvalue weighted by atomic mass is 16.6. The minimum Gasteiger partial charge on any atom is -0.379 e. The second-order valence-corrected chi connectivity index (χ2v) is 7.26. The first-order chi connectivity index (χ1) is 12.3. The van der Waals surface area contributed by atoms with Crippen LogP contribution >= 0.6 is 0 Å². The summed E-state index contributed by atoms with van der Waals surface area (Å²) >= 11 is 0. The van der Waals surface area contributed by atoms with Crippen LogP contribution < -0.4 is 10.6 Å². The number of nitrogens with zero attached hydrogens (tertiary/aromatic N) is 2. The van der Waals surface area contributed by atoms with Crippen molar-refractivity contribution in [1.82, 2.24) is 15.5 Å². The van der Waals surface area contributed by atoms with Gasteiger partial charge in [-0.05, 0) is 12.8 Å². The molecule has 3 fully saturated rings. The lowest BCUT2D eigenvalue weighted by atomic mass is 9.80. The number of morpholine rings is 1. The Hall–Kier alpha value is -0.890. The number of aliphatic imine (C=N–C) groups is 1. The minimum atomic E-state index is 0.107. The fourth-order valence-electron chi connectivity index (χ4n) is 4.19. The van der Waals surface area contributed by atoms with Crippen molar-refractivity contribution in [2.24, 2.45) is 4.99 Å². The number of hydrogen-bond donors (Lipinski definition) is 2. The molecule has 1 saturated carbocycles. The Morgan fingerprint density at radius 3 is 2.52 bits per heavy atom. The second kappa shape index (κ2) is 9.71. The van der Waals surface area contributed by atoms with Gasteiger partial charge in [0.15, 0.2) is 5.96 Å². The number of guanidine groups is 1. The zero-order valence-electron chi connectivity index (χ0n) is 15.6. The van der Waals surface area contributed by atoms with Crippen molar-refractivity contribution < 1.29 is 14.2 Å². The topological polar surface area (TPSA) is 67.4 Å². The maximum Gasteiger partial charge on any atom is 0.191 e. The van der Waals surface area contributed by atoms with Crippen LogP contribution in [0.2, 0.25) is 0 Å². The molecule has 25 heavy (non-hydrogen) atoms. The Morgan fingerprint density at radius 2 is 1.84 bits per heavy atom. The lowest BCUT2D eigenvalue weighted by molar-refractivity contribution is -0.0850. The van der Waals surface area contributed by atoms with Gasteiger partial charge in [-0.2, -0.15) is 0 Å². The molecule has 3 rings (SSSR count). The van der Waals surface area contributed by atoms with Gasteiger partial charge in [-0.3, -0.25) is 9.89 Å². The van der Waals surface area contributed by atoms with E-state index >= 15 is 0 Å². The van der Waals surface area contributed by atoms with Crippen molar-refractivity contribution in [3.8, 4) is 0 Å². The average Bonchev–Trinajstić information content (AvgIpc) is 2.70. The third-order valence-electron chi connectivity index (χ3n) is 5.66. The molecule has 2 heterocycles. The molecule has 0 aromatic carbocycles. The number of ether oxygens (including phenoxy) is 3. The molecule has 2 aliphatic heterocycles. The molecule has 1 aliphatic carbocycles. The van der Waals surface area contributed by atoms with Gasteiger partial charge in [-0.1, -0.05) is 19.3 Å². The zero-order valence-corrected chi connectivity index (χ0v) is 15.6. The molecule has 0 aromatic heterocycles. The van der Waals surface area contributed by atoms with Crippen LogP contribution in [0, 0.1) is 0 Å². The van der Waals surface area contributed by atoms with Crippen molar-refractivity contribution >= 4 is 5.96 Å². The first kappa shape index (κ1) is 18.9. The van der Waals surface area contributed by atoms with E-state index in [1.54, 1.807) is 0 Å². The van der Waals surface area contributed by atoms with Crippen molar-refractivity contribution in [1.29, 1.82) is 0 Å². The van der Waals surface area contributed by atoms with Crippen molar-refractivity contribution in [3.63, 3.8) is 0 Å². The van der Waals surface area contributed by atoms with E-state index in [2.05, 4.69) is 20.5 Å². The molecule has 0 spiro atoms. The quantitative estimate of drug-likeness (QED) is 0.557. The molecule has 0 radical (unpaired) electrons. The monoisotopic (exact) mass is 354 g/mol. The van der Waals surface area contributed by atoms with Gasteiger partial charge in [0.25, 0.3) is 0 Å². The second-order valence-electron chi connectivity index (χ2n) is 7.26. The van der Waals surface area contributed by atoms with Crippen LogP contribution in [0.4, 0.5) is 0 Å². The van der Waals surface area contributed by atoms with E-state index in [9.17, 15) is 0 Å². The molecule has 3 aliphatic rings. The van der Waals surface area contributed by atoms with Crippen molar-refractivity contribution in [3.05, 3.63) is 0 Å². The lowest BCUT2D eigenvalue weighted by Crippen LogP contribution is -2.60. The van der Waals surface area contributed by atoms with Crippen LogP contribution in [-0.2, 0) is 14.2 Å². The van der Waals surface area contributed by atoms with Gasteiger partial charge in [-0.15, -0.1) is 0 Å². The third-order valence-corrected chi connectivity index (χ3v) is 5.66. The lowest BCUT2D eigenvalue weighted by Gasteiger charge is -2.48. The molecule has 2 N–H and O–H groups in total. The van der Waals surface area contributed by atoms with Crippen molar-refractivity contribution in [2.75, 3.05) is 66.3 Å². The summed E-state index contributed by atoms with van der Waals surface area (Å²) in [5.41, 5.74) is 0.240. The van der Waals surface area contributed by atoms with E-state index in [0.29, 0.717) is 19.8 Å². The summed E-state index contributed by atoms with van der Waals surface area (Å²) < 4.78 is 16.7. The van der Waals surface area contributed by atoms with Crippen molar-refractivity contribution in [2.45, 2.75) is 43.7 Å². The molecule has 0 bridgehead atoms. The normalized spacial score (nSPS) is 28.5. The van der Waals surface area contributed by atoms with Gasteiger partial charge in [-0.25, -0.2) is 0 Å². The van der Waals surface area contributed by atoms with E-state index in [1.807, 2.05) is 7.05 Å². The predicted octanol–water partition coefficient (Wildman–Crippen LogP) is 0.602. The highest BCUT2D eigenvalue weighted by Crippen LogP contribution is 2.33. The average molecular weight is 354 g/mol. The van der Waals surface area contributed by atoms with Crippen LogP contribution in [0.3, 0.4) is 0 Å². The molecule has 2 saturated heterocycles. The largest absolute Gasteiger partial charge is 0.379 e. The Morgan fingerprint density at radius 1 is 1.04 bits per heavy atom. The fraction of sp³-hybridized carbons (Fsp3) is 0.944. The Kier molecular flexibility index (Phi) is 7.34. The van der Waals surface area contributed by atoms with E-state index in [4.69, 9.17) is 14.2 Å². The van der Waals surface area contributed by atoms with Gasteiger partial charge in [0.05, 0.1) is 39.1 Å². The summed E-state index contributed by atoms with van der Waals surface area (Å²) in [7, 11) is 1.83. The van der Waals surface area contributed by atoms with Gasteiger partial charge in [0, 0.05) is 38.8 Å². The van der Waals surface area contributed by atoms with Gasteiger partial charge in [0.2, 0.25) is 0 Å². The fourth-order valence-corrected chi connectivity index (χ4v) is 4.19. The molecule has 7 nitrogen and oxygen atoms in total. The van der Waals surface area contributed by atoms with Gasteiger partial charge in [0.1, 0.15) is 0 Å². The maximum absolute atomic E-state index is 5.69. The standard InChI is InChI=1S/C18H34N4O3/c1-19-17(20-13-16-14-24-11-12-25-16)21-15-18(5-3-2-4-6-18)22-7-9-23-10-8-22/h16H,2-15H2,1H3,(H2,19,20,21). The highest BCUT2D eigenvalue weighted by molar-refractivity contribution is 5.79. The molecular formula is C18H34N4O3. The first-order valence-electron chi connectivity index (χ1n) is 9.79. The summed E-state index contributed by atoms with van der Waals surface area (Å²) in [5.74, 6) is 0.854. The zero-order chi connectivity index (χ0) is 17.4. The van der Waals surface area contributed by atoms with Gasteiger partial charge < -0.3 is 24.8 Å². The molecule has 1 atom stereocenters. The minimum absolute atomic E-state index is 0.107. The molecule has 0 aromatic rings. The summed E-state index contributed by atoms with van der Waals surface area (Å²) in [5, 5.41) is 6.97. The molecular weight excluding hydrogens is 320 g/mol. The SMILES string of the molecule is CN=C(NCC1COCCO1)NCC1(N2CCOCC2)CCCCC1. The van der Waals surface area contributed by atoms with E-state index in [1.165, 1.54) is 32.1 Å². The van der Waals surface area contributed by atoms with Gasteiger partial charge >= 0.3 is 0 Å². The number of hydrogen-bond acceptors (Lipinski definition) is 5. The Balaban J connectivity index is 1.51. The first-order valence-corrected chi connectivity index (χ1v) is 9.79. The Bertz CT molecular complexity index is 415. The summed E-state index contributed by atoms with van der Waals surface area (Å²) in [6.07, 6.45) is 6.62. The number of nitrogens with one attached hydrogen (secondary N) is 2. The van der Waals surface area contributed by atoms with Crippen LogP contribution in [0.25, 0.3) is 0 Å². The van der Waals surface area contributed by atoms with E-state index in [0.717, 1.165) is 45.4 Å². The summed E-state index contributed by atoms with van der Waals surface area (Å²) in [6, 6.07) is 0. The van der Waals surface area contributed by atoms with Crippen LogP contribution in [0.15, 0.2) is 4.99 Å². The Labute approximate surface area is 151 Å². The molecule has 0 amide bonds. The molecule has 144 valence electrons. The summed E-state index contributed by atoms with van der Waals surface area (Å²) in [6.45, 7) is 7.49. The smallest absolute Gasteiger partial charge is 0.191 e. The van der Waals surface area contributed by atoms with Crippen LogP contribution in [-0.4, -0.2) is 88.8 Å². The highest BCUT2D eigenvalue weighted by Gasteiger charge is 2.38. The molecule has 1 unspecified atom stereocenters. The maximum atomic E-state index is 5.69. The third kappa shape index (κ3) is 5.29. The summed E-state index contributed by atoms with van der Waals surface area (Å²) in [4.78, 5) is 7.03. The number of rotatable bonds is 5. The van der Waals surface area contributed by atoms with Crippen LogP contribution in [0.5, 0.6) is 0 Å². The van der Waals surface area contributed by atoms with E-state index in [-0.39, 0.29) is 11.6 Å². The predicted molar refractivity (Wildman–Crippen MR) is 98.1 cm³/mol. The van der Waals surface area contributed by atoms with E-state index < -0.39 is 0 Å². The van der Waals surface area contributed by atoms with Crippen LogP contribution in [0.1, 0.15) is 32.1 Å². The molecule has 7 heteroatoms.